The lowest BCUT2D eigenvalue weighted by atomic mass is 9.93. The second-order valence-corrected chi connectivity index (χ2v) is 9.68. The van der Waals surface area contributed by atoms with Gasteiger partial charge in [0.05, 0.1) is 12.2 Å². The fourth-order valence-electron chi connectivity index (χ4n) is 3.90. The molecular formula is C20H36IN5S. The highest BCUT2D eigenvalue weighted by molar-refractivity contribution is 14.0. The van der Waals surface area contributed by atoms with Crippen LogP contribution in [0, 0.1) is 5.92 Å². The van der Waals surface area contributed by atoms with Crippen LogP contribution >= 0.6 is 35.3 Å². The summed E-state index contributed by atoms with van der Waals surface area (Å²) in [6.45, 7) is 13.5. The molecule has 2 fully saturated rings. The Balaban J connectivity index is 0.00000261. The van der Waals surface area contributed by atoms with Gasteiger partial charge in [0.2, 0.25) is 0 Å². The average molecular weight is 506 g/mol. The first kappa shape index (κ1) is 22.9. The molecule has 0 bridgehead atoms. The molecule has 1 N–H and O–H groups in total. The number of nitrogens with one attached hydrogen (secondary N) is 1. The first-order chi connectivity index (χ1) is 12.5. The van der Waals surface area contributed by atoms with Crippen LogP contribution < -0.4 is 5.32 Å². The summed E-state index contributed by atoms with van der Waals surface area (Å²) in [5.74, 6) is 1.80. The molecule has 7 heteroatoms. The highest BCUT2D eigenvalue weighted by Gasteiger charge is 2.27. The van der Waals surface area contributed by atoms with Gasteiger partial charge in [-0.2, -0.15) is 0 Å². The Bertz CT molecular complexity index is 604. The van der Waals surface area contributed by atoms with Crippen LogP contribution in [-0.2, 0) is 12.0 Å². The molecule has 154 valence electrons. The van der Waals surface area contributed by atoms with Crippen molar-refractivity contribution in [2.24, 2.45) is 10.9 Å². The second-order valence-electron chi connectivity index (χ2n) is 8.74. The van der Waals surface area contributed by atoms with Crippen molar-refractivity contribution in [2.45, 2.75) is 58.4 Å². The van der Waals surface area contributed by atoms with E-state index in [-0.39, 0.29) is 29.4 Å². The maximum atomic E-state index is 4.78. The number of guanidine groups is 1. The number of nitrogens with zero attached hydrogens (tertiary/aromatic N) is 4. The van der Waals surface area contributed by atoms with Crippen LogP contribution in [0.1, 0.15) is 57.2 Å². The number of aliphatic imine (C=N–C) groups is 1. The van der Waals surface area contributed by atoms with Crippen molar-refractivity contribution in [3.05, 3.63) is 16.1 Å². The quantitative estimate of drug-likeness (QED) is 0.383. The molecule has 0 saturated carbocycles. The fourth-order valence-corrected chi connectivity index (χ4v) is 4.87. The third-order valence-corrected chi connectivity index (χ3v) is 6.33. The van der Waals surface area contributed by atoms with Gasteiger partial charge in [-0.1, -0.05) is 27.2 Å². The van der Waals surface area contributed by atoms with Gasteiger partial charge in [-0.3, -0.25) is 4.99 Å². The maximum Gasteiger partial charge on any atom is 0.194 e. The Hall–Kier alpha value is -0.410. The van der Waals surface area contributed by atoms with Gasteiger partial charge in [0.25, 0.3) is 0 Å². The summed E-state index contributed by atoms with van der Waals surface area (Å²) in [6.07, 6.45) is 5.45. The third-order valence-electron chi connectivity index (χ3n) is 5.48. The molecule has 2 aliphatic rings. The predicted octanol–water partition coefficient (Wildman–Crippen LogP) is 3.94. The van der Waals surface area contributed by atoms with E-state index in [1.165, 1.54) is 51.0 Å². The summed E-state index contributed by atoms with van der Waals surface area (Å²) >= 11 is 1.74. The number of hydrogen-bond donors (Lipinski definition) is 1. The predicted molar refractivity (Wildman–Crippen MR) is 126 cm³/mol. The van der Waals surface area contributed by atoms with E-state index in [1.54, 1.807) is 11.3 Å². The van der Waals surface area contributed by atoms with Crippen molar-refractivity contribution in [3.8, 4) is 0 Å². The fraction of sp³-hybridized carbons (Fsp3) is 0.800. The number of hydrogen-bond acceptors (Lipinski definition) is 4. The molecule has 3 heterocycles. The van der Waals surface area contributed by atoms with E-state index in [0.717, 1.165) is 36.5 Å². The Morgan fingerprint density at radius 2 is 2.00 bits per heavy atom. The Labute approximate surface area is 186 Å². The molecule has 3 rings (SSSR count). The van der Waals surface area contributed by atoms with E-state index in [4.69, 9.17) is 4.98 Å². The van der Waals surface area contributed by atoms with Gasteiger partial charge in [-0.15, -0.1) is 35.3 Å². The van der Waals surface area contributed by atoms with Gasteiger partial charge in [0.15, 0.2) is 5.96 Å². The normalized spacial score (nSPS) is 22.0. The van der Waals surface area contributed by atoms with Crippen molar-refractivity contribution in [2.75, 3.05) is 39.8 Å². The molecule has 0 aliphatic carbocycles. The summed E-state index contributed by atoms with van der Waals surface area (Å²) < 4.78 is 0. The van der Waals surface area contributed by atoms with Crippen molar-refractivity contribution < 1.29 is 0 Å². The molecule has 1 atom stereocenters. The topological polar surface area (TPSA) is 43.8 Å². The lowest BCUT2D eigenvalue weighted by Crippen LogP contribution is -2.41. The summed E-state index contributed by atoms with van der Waals surface area (Å²) in [5, 5.41) is 6.85. The molecule has 1 aromatic heterocycles. The molecule has 0 amide bonds. The zero-order valence-corrected chi connectivity index (χ0v) is 20.5. The second kappa shape index (κ2) is 10.4. The van der Waals surface area contributed by atoms with Crippen molar-refractivity contribution in [1.29, 1.82) is 0 Å². The van der Waals surface area contributed by atoms with Gasteiger partial charge in [0.1, 0.15) is 5.01 Å². The minimum absolute atomic E-state index is 0. The SMILES string of the molecule is CN=C(NCc1nc(C(C)(C)C)cs1)N1CCC(CN2CCCCC2)C1.I. The summed E-state index contributed by atoms with van der Waals surface area (Å²) in [4.78, 5) is 14.4. The molecule has 5 nitrogen and oxygen atoms in total. The number of thiazole rings is 1. The zero-order chi connectivity index (χ0) is 18.6. The molecular weight excluding hydrogens is 469 g/mol. The van der Waals surface area contributed by atoms with E-state index in [9.17, 15) is 0 Å². The number of rotatable bonds is 4. The number of likely N-dealkylation sites (tertiary alicyclic amines) is 2. The molecule has 1 unspecified atom stereocenters. The maximum absolute atomic E-state index is 4.78. The van der Waals surface area contributed by atoms with Crippen LogP contribution in [0.15, 0.2) is 10.4 Å². The summed E-state index contributed by atoms with van der Waals surface area (Å²) in [7, 11) is 1.89. The highest BCUT2D eigenvalue weighted by Crippen LogP contribution is 2.24. The van der Waals surface area contributed by atoms with Crippen LogP contribution in [0.2, 0.25) is 0 Å². The van der Waals surface area contributed by atoms with Gasteiger partial charge in [-0.05, 0) is 38.3 Å². The molecule has 2 saturated heterocycles. The summed E-state index contributed by atoms with van der Waals surface area (Å²) in [5.41, 5.74) is 1.30. The average Bonchev–Trinajstić information content (AvgIpc) is 3.26. The van der Waals surface area contributed by atoms with Crippen LogP contribution in [0.4, 0.5) is 0 Å². The van der Waals surface area contributed by atoms with Gasteiger partial charge >= 0.3 is 0 Å². The zero-order valence-electron chi connectivity index (χ0n) is 17.3. The smallest absolute Gasteiger partial charge is 0.194 e. The minimum Gasteiger partial charge on any atom is -0.350 e. The monoisotopic (exact) mass is 505 g/mol. The lowest BCUT2D eigenvalue weighted by molar-refractivity contribution is 0.198. The van der Waals surface area contributed by atoms with Gasteiger partial charge in [-0.25, -0.2) is 4.98 Å². The van der Waals surface area contributed by atoms with E-state index in [2.05, 4.69) is 46.3 Å². The standard InChI is InChI=1S/C20H35N5S.HI/c1-20(2,3)17-15-26-18(23-17)12-22-19(21-4)25-11-8-16(14-25)13-24-9-6-5-7-10-24;/h15-16H,5-14H2,1-4H3,(H,21,22);1H. The lowest BCUT2D eigenvalue weighted by Gasteiger charge is -2.29. The van der Waals surface area contributed by atoms with Crippen molar-refractivity contribution >= 4 is 41.3 Å². The van der Waals surface area contributed by atoms with E-state index in [0.29, 0.717) is 0 Å². The highest BCUT2D eigenvalue weighted by atomic mass is 127. The van der Waals surface area contributed by atoms with E-state index < -0.39 is 0 Å². The molecule has 1 aromatic rings. The summed E-state index contributed by atoms with van der Waals surface area (Å²) in [6, 6.07) is 0. The number of aromatic nitrogens is 1. The van der Waals surface area contributed by atoms with Gasteiger partial charge < -0.3 is 15.1 Å². The number of piperidine rings is 1. The minimum atomic E-state index is 0. The molecule has 0 aromatic carbocycles. The largest absolute Gasteiger partial charge is 0.350 e. The van der Waals surface area contributed by atoms with Crippen LogP contribution in [0.5, 0.6) is 0 Å². The molecule has 27 heavy (non-hydrogen) atoms. The van der Waals surface area contributed by atoms with Crippen LogP contribution in [0.3, 0.4) is 0 Å². The van der Waals surface area contributed by atoms with Gasteiger partial charge in [0, 0.05) is 37.5 Å². The van der Waals surface area contributed by atoms with Crippen LogP contribution in [-0.4, -0.2) is 60.5 Å². The molecule has 2 aliphatic heterocycles. The van der Waals surface area contributed by atoms with Crippen molar-refractivity contribution in [1.82, 2.24) is 20.1 Å². The molecule has 0 spiro atoms. The molecule has 0 radical (unpaired) electrons. The Kier molecular flexibility index (Phi) is 8.80. The Morgan fingerprint density at radius 3 is 2.63 bits per heavy atom. The first-order valence-corrected chi connectivity index (χ1v) is 11.0. The van der Waals surface area contributed by atoms with E-state index >= 15 is 0 Å². The Morgan fingerprint density at radius 1 is 1.26 bits per heavy atom. The van der Waals surface area contributed by atoms with Crippen LogP contribution in [0.25, 0.3) is 0 Å². The first-order valence-electron chi connectivity index (χ1n) is 10.1. The van der Waals surface area contributed by atoms with E-state index in [1.807, 2.05) is 7.05 Å². The third kappa shape index (κ3) is 6.56. The van der Waals surface area contributed by atoms with Crippen molar-refractivity contribution in [3.63, 3.8) is 0 Å². The number of halogens is 1.